The summed E-state index contributed by atoms with van der Waals surface area (Å²) in [5, 5.41) is 18.3. The molecule has 108 valence electrons. The highest BCUT2D eigenvalue weighted by atomic mass is 32.2. The molecule has 0 amide bonds. The highest BCUT2D eigenvalue weighted by molar-refractivity contribution is 7.90. The van der Waals surface area contributed by atoms with Gasteiger partial charge < -0.3 is 5.11 Å². The van der Waals surface area contributed by atoms with Crippen molar-refractivity contribution in [2.24, 2.45) is 0 Å². The summed E-state index contributed by atoms with van der Waals surface area (Å²) in [5.74, 6) is 5.69. The summed E-state index contributed by atoms with van der Waals surface area (Å²) >= 11 is 1.40. The van der Waals surface area contributed by atoms with Gasteiger partial charge in [0.15, 0.2) is 5.25 Å². The molecule has 1 heterocycles. The number of hydrogen-bond donors (Lipinski definition) is 2. The van der Waals surface area contributed by atoms with E-state index in [2.05, 4.69) is 16.6 Å². The molecular weight excluding hydrogens is 296 g/mol. The van der Waals surface area contributed by atoms with Crippen molar-refractivity contribution >= 4 is 21.4 Å². The molecule has 0 bridgehead atoms. The van der Waals surface area contributed by atoms with Crippen LogP contribution in [-0.4, -0.2) is 25.4 Å². The normalized spacial score (nSPS) is 12.2. The van der Waals surface area contributed by atoms with Crippen molar-refractivity contribution in [3.63, 3.8) is 0 Å². The van der Waals surface area contributed by atoms with Crippen LogP contribution in [0.4, 0.5) is 0 Å². The third-order valence-corrected chi connectivity index (χ3v) is 5.18. The monoisotopic (exact) mass is 312 g/mol. The largest absolute Gasteiger partial charge is 0.395 e. The first-order valence-electron chi connectivity index (χ1n) is 6.09. The lowest BCUT2D eigenvalue weighted by molar-refractivity contribution is 0.305. The number of sulfonamides is 1. The van der Waals surface area contributed by atoms with Gasteiger partial charge in [-0.15, -0.1) is 11.3 Å². The van der Waals surface area contributed by atoms with Gasteiger partial charge in [-0.05, 0) is 17.9 Å². The lowest BCUT2D eigenvalue weighted by Crippen LogP contribution is -2.32. The molecule has 5 nitrogen and oxygen atoms in total. The Balaban J connectivity index is 2.75. The summed E-state index contributed by atoms with van der Waals surface area (Å²) in [7, 11) is -3.63. The molecule has 0 aliphatic carbocycles. The van der Waals surface area contributed by atoms with Gasteiger partial charge in [0.2, 0.25) is 10.0 Å². The molecule has 0 saturated carbocycles. The Kier molecular flexibility index (Phi) is 6.69. The van der Waals surface area contributed by atoms with E-state index >= 15 is 0 Å². The van der Waals surface area contributed by atoms with Gasteiger partial charge in [0.25, 0.3) is 0 Å². The highest BCUT2D eigenvalue weighted by Gasteiger charge is 2.23. The van der Waals surface area contributed by atoms with Crippen molar-refractivity contribution in [1.82, 2.24) is 4.72 Å². The Morgan fingerprint density at radius 1 is 1.55 bits per heavy atom. The highest BCUT2D eigenvalue weighted by Crippen LogP contribution is 2.16. The van der Waals surface area contributed by atoms with E-state index < -0.39 is 15.3 Å². The summed E-state index contributed by atoms with van der Waals surface area (Å²) in [6.07, 6.45) is 0.632. The molecule has 1 unspecified atom stereocenters. The molecule has 7 heteroatoms. The SMILES string of the molecule is CCC(C#N)S(=O)(=O)NCc1sccc1C#CCCO. The number of aliphatic hydroxyl groups excluding tert-OH is 1. The molecule has 0 aliphatic heterocycles. The van der Waals surface area contributed by atoms with Crippen LogP contribution in [0.2, 0.25) is 0 Å². The minimum Gasteiger partial charge on any atom is -0.395 e. The lowest BCUT2D eigenvalue weighted by Gasteiger charge is -2.09. The Morgan fingerprint density at radius 3 is 2.90 bits per heavy atom. The molecule has 1 aromatic heterocycles. The molecule has 2 N–H and O–H groups in total. The first-order chi connectivity index (χ1) is 9.55. The maximum atomic E-state index is 11.9. The number of hydrogen-bond acceptors (Lipinski definition) is 5. The number of nitrogens with zero attached hydrogens (tertiary/aromatic N) is 1. The number of aliphatic hydroxyl groups is 1. The predicted octanol–water partition coefficient (Wildman–Crippen LogP) is 1.20. The van der Waals surface area contributed by atoms with Crippen molar-refractivity contribution in [2.45, 2.75) is 31.6 Å². The Labute approximate surface area is 123 Å². The molecule has 0 radical (unpaired) electrons. The van der Waals surface area contributed by atoms with Gasteiger partial charge in [-0.1, -0.05) is 18.8 Å². The first-order valence-corrected chi connectivity index (χ1v) is 8.52. The van der Waals surface area contributed by atoms with Gasteiger partial charge >= 0.3 is 0 Å². The number of nitrogens with one attached hydrogen (secondary N) is 1. The van der Waals surface area contributed by atoms with Crippen LogP contribution in [0.3, 0.4) is 0 Å². The van der Waals surface area contributed by atoms with E-state index in [9.17, 15) is 8.42 Å². The smallest absolute Gasteiger partial charge is 0.228 e. The second-order valence-corrected chi connectivity index (χ2v) is 6.87. The third-order valence-electron chi connectivity index (χ3n) is 2.53. The van der Waals surface area contributed by atoms with Crippen molar-refractivity contribution in [3.05, 3.63) is 21.9 Å². The quantitative estimate of drug-likeness (QED) is 0.772. The Morgan fingerprint density at radius 2 is 2.30 bits per heavy atom. The maximum absolute atomic E-state index is 11.9. The van der Waals surface area contributed by atoms with E-state index in [1.165, 1.54) is 11.3 Å². The van der Waals surface area contributed by atoms with E-state index in [4.69, 9.17) is 10.4 Å². The fourth-order valence-corrected chi connectivity index (χ4v) is 3.43. The van der Waals surface area contributed by atoms with E-state index in [1.54, 1.807) is 19.1 Å². The van der Waals surface area contributed by atoms with Gasteiger partial charge in [0.05, 0.1) is 12.7 Å². The average Bonchev–Trinajstić information content (AvgIpc) is 2.85. The molecule has 0 aromatic carbocycles. The molecule has 0 fully saturated rings. The van der Waals surface area contributed by atoms with Crippen molar-refractivity contribution < 1.29 is 13.5 Å². The molecular formula is C13H16N2O3S2. The minimum absolute atomic E-state index is 0.000546. The van der Waals surface area contributed by atoms with Crippen LogP contribution in [0.5, 0.6) is 0 Å². The second kappa shape index (κ2) is 8.03. The van der Waals surface area contributed by atoms with E-state index in [-0.39, 0.29) is 19.6 Å². The van der Waals surface area contributed by atoms with Gasteiger partial charge in [-0.2, -0.15) is 5.26 Å². The molecule has 1 atom stereocenters. The Hall–Kier alpha value is -1.38. The molecule has 20 heavy (non-hydrogen) atoms. The van der Waals surface area contributed by atoms with Gasteiger partial charge in [0.1, 0.15) is 0 Å². The van der Waals surface area contributed by atoms with Gasteiger partial charge in [-0.3, -0.25) is 0 Å². The standard InChI is InChI=1S/C13H16N2O3S2/c1-2-12(9-14)20(17,18)15-10-13-11(6-8-19-13)5-3-4-7-16/h6,8,12,15-16H,2,4,7,10H2,1H3. The fraction of sp³-hybridized carbons (Fsp3) is 0.462. The summed E-state index contributed by atoms with van der Waals surface area (Å²) < 4.78 is 26.2. The summed E-state index contributed by atoms with van der Waals surface area (Å²) in [5.41, 5.74) is 0.746. The summed E-state index contributed by atoms with van der Waals surface area (Å²) in [4.78, 5) is 0.798. The number of thiophene rings is 1. The zero-order valence-corrected chi connectivity index (χ0v) is 12.7. The summed E-state index contributed by atoms with van der Waals surface area (Å²) in [6.45, 7) is 1.78. The van der Waals surface area contributed by atoms with Crippen LogP contribution in [-0.2, 0) is 16.6 Å². The molecule has 1 aromatic rings. The molecule has 1 rings (SSSR count). The van der Waals surface area contributed by atoms with Gasteiger partial charge in [0, 0.05) is 23.4 Å². The molecule has 0 spiro atoms. The summed E-state index contributed by atoms with van der Waals surface area (Å²) in [6, 6.07) is 3.58. The topological polar surface area (TPSA) is 90.2 Å². The lowest BCUT2D eigenvalue weighted by atomic mass is 10.2. The van der Waals surface area contributed by atoms with Crippen molar-refractivity contribution in [3.8, 4) is 17.9 Å². The van der Waals surface area contributed by atoms with E-state index in [1.807, 2.05) is 5.38 Å². The zero-order chi connectivity index (χ0) is 15.0. The third kappa shape index (κ3) is 4.62. The Bertz CT molecular complexity index is 633. The van der Waals surface area contributed by atoms with E-state index in [0.29, 0.717) is 6.42 Å². The number of rotatable bonds is 6. The fourth-order valence-electron chi connectivity index (χ4n) is 1.45. The number of nitriles is 1. The van der Waals surface area contributed by atoms with Crippen LogP contribution in [0.25, 0.3) is 0 Å². The van der Waals surface area contributed by atoms with Crippen LogP contribution in [0, 0.1) is 23.2 Å². The maximum Gasteiger partial charge on any atom is 0.228 e. The van der Waals surface area contributed by atoms with Gasteiger partial charge in [-0.25, -0.2) is 13.1 Å². The van der Waals surface area contributed by atoms with Crippen LogP contribution in [0.1, 0.15) is 30.2 Å². The van der Waals surface area contributed by atoms with Crippen molar-refractivity contribution in [1.29, 1.82) is 5.26 Å². The molecule has 0 aliphatic rings. The van der Waals surface area contributed by atoms with Crippen LogP contribution in [0.15, 0.2) is 11.4 Å². The van der Waals surface area contributed by atoms with Crippen molar-refractivity contribution in [2.75, 3.05) is 6.61 Å². The van der Waals surface area contributed by atoms with E-state index in [0.717, 1.165) is 10.4 Å². The average molecular weight is 312 g/mol. The van der Waals surface area contributed by atoms with Crippen LogP contribution >= 0.6 is 11.3 Å². The predicted molar refractivity (Wildman–Crippen MR) is 78.4 cm³/mol. The van der Waals surface area contributed by atoms with Crippen LogP contribution < -0.4 is 4.72 Å². The molecule has 0 saturated heterocycles. The minimum atomic E-state index is -3.63. The second-order valence-electron chi connectivity index (χ2n) is 3.92. The zero-order valence-electron chi connectivity index (χ0n) is 11.1. The first kappa shape index (κ1) is 16.7.